The number of hydrogen-bond donors (Lipinski definition) is 0. The first-order valence-electron chi connectivity index (χ1n) is 5.99. The molecule has 1 aromatic carbocycles. The van der Waals surface area contributed by atoms with E-state index in [4.69, 9.17) is 0 Å². The van der Waals surface area contributed by atoms with Crippen LogP contribution in [0.2, 0.25) is 0 Å². The van der Waals surface area contributed by atoms with Crippen LogP contribution < -0.4 is 0 Å². The van der Waals surface area contributed by atoms with Gasteiger partial charge in [0.25, 0.3) is 0 Å². The monoisotopic (exact) mass is 248 g/mol. The van der Waals surface area contributed by atoms with Crippen LogP contribution in [0.1, 0.15) is 26.3 Å². The number of nitrogens with zero attached hydrogens (tertiary/aromatic N) is 4. The summed E-state index contributed by atoms with van der Waals surface area (Å²) >= 11 is 0. The summed E-state index contributed by atoms with van der Waals surface area (Å²) in [4.78, 5) is 10.5. The average molecular weight is 248 g/mol. The fourth-order valence-electron chi connectivity index (χ4n) is 2.12. The lowest BCUT2D eigenvalue weighted by Crippen LogP contribution is -2.21. The maximum absolute atomic E-state index is 10.8. The second-order valence-electron chi connectivity index (χ2n) is 4.82. The van der Waals surface area contributed by atoms with Crippen molar-refractivity contribution in [3.05, 3.63) is 34.4 Å². The summed E-state index contributed by atoms with van der Waals surface area (Å²) in [6.45, 7) is 3.98. The lowest BCUT2D eigenvalue weighted by Gasteiger charge is -2.15. The largest absolute Gasteiger partial charge is 0.264 e. The zero-order valence-electron chi connectivity index (χ0n) is 10.5. The first-order valence-corrected chi connectivity index (χ1v) is 5.99. The molecular weight excluding hydrogens is 232 g/mol. The van der Waals surface area contributed by atoms with Gasteiger partial charge in [0, 0.05) is 4.92 Å². The molecule has 0 saturated carbocycles. The van der Waals surface area contributed by atoms with Crippen molar-refractivity contribution in [3.63, 3.8) is 0 Å². The van der Waals surface area contributed by atoms with Gasteiger partial charge in [-0.3, -0.25) is 10.1 Å². The number of aromatic nitrogens is 3. The SMILES string of the molecule is CC(C)C[C@@H](C[N+](=O)[O-])n1nnc2ccccc21. The maximum Gasteiger partial charge on any atom is 0.226 e. The van der Waals surface area contributed by atoms with Gasteiger partial charge in [-0.1, -0.05) is 31.2 Å². The molecule has 1 aromatic heterocycles. The van der Waals surface area contributed by atoms with Crippen LogP contribution in [0.15, 0.2) is 24.3 Å². The zero-order valence-corrected chi connectivity index (χ0v) is 10.5. The van der Waals surface area contributed by atoms with E-state index < -0.39 is 0 Å². The van der Waals surface area contributed by atoms with Crippen molar-refractivity contribution in [1.82, 2.24) is 15.0 Å². The van der Waals surface area contributed by atoms with Crippen LogP contribution in [0.5, 0.6) is 0 Å². The predicted molar refractivity (Wildman–Crippen MR) is 67.9 cm³/mol. The fourth-order valence-corrected chi connectivity index (χ4v) is 2.12. The molecule has 0 N–H and O–H groups in total. The van der Waals surface area contributed by atoms with E-state index in [0.717, 1.165) is 11.0 Å². The molecule has 96 valence electrons. The third-order valence-corrected chi connectivity index (χ3v) is 2.83. The third-order valence-electron chi connectivity index (χ3n) is 2.83. The third kappa shape index (κ3) is 2.64. The Morgan fingerprint density at radius 1 is 1.39 bits per heavy atom. The van der Waals surface area contributed by atoms with E-state index in [1.807, 2.05) is 38.1 Å². The van der Waals surface area contributed by atoms with Crippen molar-refractivity contribution < 1.29 is 4.92 Å². The van der Waals surface area contributed by atoms with Gasteiger partial charge in [0.05, 0.1) is 5.52 Å². The minimum atomic E-state index is -0.288. The molecular formula is C12H16N4O2. The summed E-state index contributed by atoms with van der Waals surface area (Å²) in [5.74, 6) is 0.373. The summed E-state index contributed by atoms with van der Waals surface area (Å²) in [7, 11) is 0. The number of fused-ring (bicyclic) bond motifs is 1. The number of rotatable bonds is 5. The number of para-hydroxylation sites is 1. The van der Waals surface area contributed by atoms with E-state index in [1.165, 1.54) is 0 Å². The molecule has 1 heterocycles. The van der Waals surface area contributed by atoms with E-state index in [0.29, 0.717) is 12.3 Å². The van der Waals surface area contributed by atoms with Gasteiger partial charge in [0.1, 0.15) is 11.6 Å². The summed E-state index contributed by atoms with van der Waals surface area (Å²) in [6, 6.07) is 7.28. The fraction of sp³-hybridized carbons (Fsp3) is 0.500. The van der Waals surface area contributed by atoms with Crippen LogP contribution in [0, 0.1) is 16.0 Å². The first-order chi connectivity index (χ1) is 8.58. The van der Waals surface area contributed by atoms with Crippen LogP contribution in [0.3, 0.4) is 0 Å². The lowest BCUT2D eigenvalue weighted by atomic mass is 10.0. The Morgan fingerprint density at radius 2 is 2.11 bits per heavy atom. The van der Waals surface area contributed by atoms with Gasteiger partial charge in [-0.2, -0.15) is 0 Å². The van der Waals surface area contributed by atoms with Crippen molar-refractivity contribution in [3.8, 4) is 0 Å². The number of hydrogen-bond acceptors (Lipinski definition) is 4. The molecule has 0 radical (unpaired) electrons. The summed E-state index contributed by atoms with van der Waals surface area (Å²) < 4.78 is 1.68. The minimum absolute atomic E-state index is 0.120. The summed E-state index contributed by atoms with van der Waals surface area (Å²) in [5, 5.41) is 18.9. The number of benzene rings is 1. The Kier molecular flexibility index (Phi) is 3.55. The van der Waals surface area contributed by atoms with Crippen molar-refractivity contribution in [2.24, 2.45) is 5.92 Å². The topological polar surface area (TPSA) is 73.8 Å². The Balaban J connectivity index is 2.37. The first kappa shape index (κ1) is 12.5. The Labute approximate surface area is 105 Å². The molecule has 0 saturated heterocycles. The minimum Gasteiger partial charge on any atom is -0.264 e. The van der Waals surface area contributed by atoms with Crippen LogP contribution in [-0.2, 0) is 0 Å². The highest BCUT2D eigenvalue weighted by atomic mass is 16.6. The van der Waals surface area contributed by atoms with Gasteiger partial charge in [0.2, 0.25) is 6.54 Å². The van der Waals surface area contributed by atoms with Gasteiger partial charge in [-0.25, -0.2) is 4.68 Å². The zero-order chi connectivity index (χ0) is 13.1. The van der Waals surface area contributed by atoms with Crippen molar-refractivity contribution in [1.29, 1.82) is 0 Å². The van der Waals surface area contributed by atoms with Crippen LogP contribution in [-0.4, -0.2) is 26.5 Å². The van der Waals surface area contributed by atoms with Crippen molar-refractivity contribution in [2.45, 2.75) is 26.3 Å². The maximum atomic E-state index is 10.8. The smallest absolute Gasteiger partial charge is 0.226 e. The number of nitro groups is 1. The van der Waals surface area contributed by atoms with Crippen molar-refractivity contribution >= 4 is 11.0 Å². The molecule has 0 aliphatic rings. The Hall–Kier alpha value is -1.98. The molecule has 18 heavy (non-hydrogen) atoms. The molecule has 0 fully saturated rings. The van der Waals surface area contributed by atoms with E-state index in [9.17, 15) is 10.1 Å². The molecule has 0 aliphatic carbocycles. The molecule has 2 aromatic rings. The molecule has 6 nitrogen and oxygen atoms in total. The standard InChI is InChI=1S/C12H16N4O2/c1-9(2)7-10(8-15(17)18)16-12-6-4-3-5-11(12)13-14-16/h3-6,9-10H,7-8H2,1-2H3/t10-/m0/s1. The average Bonchev–Trinajstić information content (AvgIpc) is 2.70. The predicted octanol–water partition coefficient (Wildman–Crippen LogP) is 2.30. The molecule has 6 heteroatoms. The molecule has 0 bridgehead atoms. The summed E-state index contributed by atoms with van der Waals surface area (Å²) in [5.41, 5.74) is 1.62. The molecule has 0 aliphatic heterocycles. The van der Waals surface area contributed by atoms with Crippen LogP contribution in [0.4, 0.5) is 0 Å². The molecule has 0 spiro atoms. The molecule has 1 atom stereocenters. The molecule has 0 unspecified atom stereocenters. The lowest BCUT2D eigenvalue weighted by molar-refractivity contribution is -0.486. The van der Waals surface area contributed by atoms with E-state index in [2.05, 4.69) is 10.3 Å². The quantitative estimate of drug-likeness (QED) is 0.601. The van der Waals surface area contributed by atoms with E-state index in [-0.39, 0.29) is 17.5 Å². The Bertz CT molecular complexity index is 550. The molecule has 2 rings (SSSR count). The highest BCUT2D eigenvalue weighted by molar-refractivity contribution is 5.73. The Morgan fingerprint density at radius 3 is 2.78 bits per heavy atom. The highest BCUT2D eigenvalue weighted by Gasteiger charge is 2.22. The van der Waals surface area contributed by atoms with Crippen LogP contribution in [0.25, 0.3) is 11.0 Å². The van der Waals surface area contributed by atoms with Gasteiger partial charge >= 0.3 is 0 Å². The van der Waals surface area contributed by atoms with E-state index in [1.54, 1.807) is 4.68 Å². The van der Waals surface area contributed by atoms with Crippen LogP contribution >= 0.6 is 0 Å². The van der Waals surface area contributed by atoms with Gasteiger partial charge < -0.3 is 0 Å². The molecule has 0 amide bonds. The van der Waals surface area contributed by atoms with Gasteiger partial charge in [0.15, 0.2) is 0 Å². The second kappa shape index (κ2) is 5.12. The van der Waals surface area contributed by atoms with Gasteiger partial charge in [-0.05, 0) is 24.5 Å². The normalized spacial score (nSPS) is 13.1. The second-order valence-corrected chi connectivity index (χ2v) is 4.82. The summed E-state index contributed by atoms with van der Waals surface area (Å²) in [6.07, 6.45) is 0.717. The van der Waals surface area contributed by atoms with Gasteiger partial charge in [-0.15, -0.1) is 5.10 Å². The highest BCUT2D eigenvalue weighted by Crippen LogP contribution is 2.21. The van der Waals surface area contributed by atoms with Crippen molar-refractivity contribution in [2.75, 3.05) is 6.54 Å². The van der Waals surface area contributed by atoms with E-state index >= 15 is 0 Å².